The van der Waals surface area contributed by atoms with Crippen molar-refractivity contribution in [1.29, 1.82) is 0 Å². The minimum Gasteiger partial charge on any atom is -0.0654 e. The molecule has 0 aliphatic heterocycles. The Kier molecular flexibility index (Phi) is 29.0. The van der Waals surface area contributed by atoms with Gasteiger partial charge in [0.2, 0.25) is 0 Å². The molecule has 0 nitrogen and oxygen atoms in total. The Morgan fingerprint density at radius 3 is 0.829 bits per heavy atom. The molecule has 5 rings (SSSR count). The van der Waals surface area contributed by atoms with E-state index in [0.29, 0.717) is 0 Å². The fourth-order valence-corrected chi connectivity index (χ4v) is 26.4. The molecule has 0 radical (unpaired) electrons. The van der Waals surface area contributed by atoms with Gasteiger partial charge >= 0.3 is 332 Å². The van der Waals surface area contributed by atoms with Crippen LogP contribution in [0.2, 0.25) is 29.6 Å². The Balaban J connectivity index is 1.56. The van der Waals surface area contributed by atoms with E-state index >= 15 is 0 Å². The van der Waals surface area contributed by atoms with Gasteiger partial charge < -0.3 is 0 Å². The number of benzene rings is 1. The molecule has 0 aliphatic carbocycles. The minimum absolute atomic E-state index is 1.27. The van der Waals surface area contributed by atoms with Gasteiger partial charge in [0.05, 0.1) is 0 Å². The fraction of sp³-hybridized carbons (Fsp3) is 0.719. The fourth-order valence-electron chi connectivity index (χ4n) is 10.8. The van der Waals surface area contributed by atoms with E-state index in [0.717, 1.165) is 0 Å². The van der Waals surface area contributed by atoms with Crippen molar-refractivity contribution in [3.8, 4) is 20.9 Å². The van der Waals surface area contributed by atoms with Gasteiger partial charge in [-0.25, -0.2) is 0 Å². The number of rotatable bonds is 40. The summed E-state index contributed by atoms with van der Waals surface area (Å²) < 4.78 is 6.76. The van der Waals surface area contributed by atoms with Gasteiger partial charge in [-0.1, -0.05) is 130 Å². The van der Waals surface area contributed by atoms with E-state index in [4.69, 9.17) is 0 Å². The molecule has 0 bridgehead atoms. The first-order valence-corrected chi connectivity index (χ1v) is 53.4. The van der Waals surface area contributed by atoms with Gasteiger partial charge in [0.1, 0.15) is 0 Å². The molecule has 0 saturated heterocycles. The summed E-state index contributed by atoms with van der Waals surface area (Å²) in [5.41, 5.74) is 6.65. The topological polar surface area (TPSA) is 0 Å². The van der Waals surface area contributed by atoms with E-state index in [2.05, 4.69) is 127 Å². The number of hydrogen-bond acceptors (Lipinski definition) is 4. The van der Waals surface area contributed by atoms with Gasteiger partial charge in [-0.05, 0) is 0 Å². The third-order valence-corrected chi connectivity index (χ3v) is 39.0. The molecule has 394 valence electrons. The summed E-state index contributed by atoms with van der Waals surface area (Å²) in [6, 6.07) is 11.1. The molecule has 0 unspecified atom stereocenters. The van der Waals surface area contributed by atoms with Crippen LogP contribution in [-0.4, -0.2) is 36.8 Å². The Labute approximate surface area is 457 Å². The van der Waals surface area contributed by atoms with E-state index in [9.17, 15) is 0 Å². The van der Waals surface area contributed by atoms with Crippen LogP contribution in [0.4, 0.5) is 0 Å². The van der Waals surface area contributed by atoms with Crippen LogP contribution in [0.25, 0.3) is 41.1 Å². The standard InChI is InChI=1S/C58H88S4.6CH3.2Sn/c1-5-9-13-17-21-25-29-33-37-47-45-53(61-51(47)39-35-31-27-23-19-15-11-7-3)55-49-41-43-60-58(49)56(50-42-44-59-57(50)55)54-46-48(38-34-30-26-22-18-14-10-6-2)52(62-54)40-36-32-28-24-20-16-12-8-4;;;;;;;;/h41-42,45-46H,5-40H2,1-4H3;6*1H3;;. The molecule has 0 fully saturated rings. The monoisotopic (exact) mass is 1240 g/mol. The van der Waals surface area contributed by atoms with Crippen molar-refractivity contribution < 1.29 is 0 Å². The van der Waals surface area contributed by atoms with Crippen LogP contribution in [0.3, 0.4) is 0 Å². The van der Waals surface area contributed by atoms with Crippen molar-refractivity contribution in [2.24, 2.45) is 0 Å². The summed E-state index contributed by atoms with van der Waals surface area (Å²) in [4.78, 5) is 22.6. The molecule has 5 aromatic rings. The second-order valence-corrected chi connectivity index (χ2v) is 59.2. The summed E-state index contributed by atoms with van der Waals surface area (Å²) in [5, 5.41) is 3.21. The molecule has 0 amide bonds. The molecular weight excluding hydrogens is 1130 g/mol. The molecule has 0 saturated carbocycles. The maximum absolute atomic E-state index is 2.78. The van der Waals surface area contributed by atoms with Crippen molar-refractivity contribution >= 4 is 108 Å². The molecule has 4 aromatic heterocycles. The SMILES string of the molecule is CCCCCCCCCCc1cc(-c2c3c[c]([Sn]([CH3])([CH3])[CH3])sc3c(-c3cc(CCCCCCCCCC)c(CCCCCCCCCC)s3)c3c[c]([Sn]([CH3])([CH3])[CH3])sc23)sc1CCCCCCCCCC. The van der Waals surface area contributed by atoms with Gasteiger partial charge in [0, 0.05) is 0 Å². The summed E-state index contributed by atoms with van der Waals surface area (Å²) in [6.07, 6.45) is 49.8. The summed E-state index contributed by atoms with van der Waals surface area (Å²) in [7, 11) is 0. The van der Waals surface area contributed by atoms with Gasteiger partial charge in [0.15, 0.2) is 0 Å². The van der Waals surface area contributed by atoms with E-state index in [1.807, 2.05) is 0 Å². The molecule has 1 aromatic carbocycles. The van der Waals surface area contributed by atoms with Crippen molar-refractivity contribution in [3.63, 3.8) is 0 Å². The zero-order chi connectivity index (χ0) is 50.2. The van der Waals surface area contributed by atoms with E-state index < -0.39 is 36.8 Å². The number of unbranched alkanes of at least 4 members (excludes halogenated alkanes) is 28. The smallest absolute Gasteiger partial charge is 0.0654 e. The van der Waals surface area contributed by atoms with Gasteiger partial charge in [-0.3, -0.25) is 0 Å². The summed E-state index contributed by atoms with van der Waals surface area (Å²) in [5.74, 6) is 0. The van der Waals surface area contributed by atoms with E-state index in [1.54, 1.807) is 67.7 Å². The minimum atomic E-state index is -2.44. The number of hydrogen-bond donors (Lipinski definition) is 0. The Morgan fingerprint density at radius 2 is 0.557 bits per heavy atom. The number of fused-ring (bicyclic) bond motifs is 2. The van der Waals surface area contributed by atoms with Gasteiger partial charge in [-0.15, -0.1) is 0 Å². The predicted molar refractivity (Wildman–Crippen MR) is 335 cm³/mol. The normalized spacial score (nSPS) is 12.5. The molecule has 6 heteroatoms. The van der Waals surface area contributed by atoms with Gasteiger partial charge in [-0.2, -0.15) is 0 Å². The first-order valence-electron chi connectivity index (χ1n) is 30.2. The van der Waals surface area contributed by atoms with Crippen LogP contribution >= 0.6 is 45.3 Å². The van der Waals surface area contributed by atoms with Crippen LogP contribution in [0, 0.1) is 0 Å². The second-order valence-electron chi connectivity index (χ2n) is 24.0. The predicted octanol–water partition coefficient (Wildman–Crippen LogP) is 23.4. The first-order chi connectivity index (χ1) is 33.9. The summed E-state index contributed by atoms with van der Waals surface area (Å²) in [6.45, 7) is 9.36. The quantitative estimate of drug-likeness (QED) is 0.0271. The third-order valence-electron chi connectivity index (χ3n) is 15.3. The van der Waals surface area contributed by atoms with Crippen molar-refractivity contribution in [3.05, 3.63) is 45.1 Å². The molecule has 0 N–H and O–H groups in total. The summed E-state index contributed by atoms with van der Waals surface area (Å²) >= 11 is 4.03. The molecule has 70 heavy (non-hydrogen) atoms. The van der Waals surface area contributed by atoms with E-state index in [-0.39, 0.29) is 0 Å². The molecule has 0 atom stereocenters. The molecule has 0 aliphatic rings. The number of thiophene rings is 4. The zero-order valence-corrected chi connectivity index (χ0v) is 56.4. The van der Waals surface area contributed by atoms with Crippen LogP contribution in [0.15, 0.2) is 24.3 Å². The average Bonchev–Trinajstić information content (AvgIpc) is 4.15. The number of aryl methyl sites for hydroxylation is 4. The van der Waals surface area contributed by atoms with Crippen molar-refractivity contribution in [2.75, 3.05) is 0 Å². The van der Waals surface area contributed by atoms with Crippen LogP contribution in [0.1, 0.15) is 254 Å². The van der Waals surface area contributed by atoms with Crippen LogP contribution in [0.5, 0.6) is 0 Å². The third kappa shape index (κ3) is 19.9. The molecule has 0 spiro atoms. The van der Waals surface area contributed by atoms with Gasteiger partial charge in [0.25, 0.3) is 0 Å². The Bertz CT molecular complexity index is 1900. The molecule has 4 heterocycles. The van der Waals surface area contributed by atoms with Crippen molar-refractivity contribution in [1.82, 2.24) is 0 Å². The maximum atomic E-state index is 2.78. The molecular formula is C64H106S4Sn2. The Morgan fingerprint density at radius 1 is 0.300 bits per heavy atom. The van der Waals surface area contributed by atoms with Crippen LogP contribution in [-0.2, 0) is 25.7 Å². The Hall–Kier alpha value is 0.137. The average molecular weight is 1240 g/mol. The van der Waals surface area contributed by atoms with Crippen molar-refractivity contribution in [2.45, 2.75) is 288 Å². The second kappa shape index (κ2) is 33.3. The van der Waals surface area contributed by atoms with E-state index in [1.165, 1.54) is 231 Å². The first kappa shape index (κ1) is 61.0. The zero-order valence-electron chi connectivity index (χ0n) is 47.4. The van der Waals surface area contributed by atoms with Crippen LogP contribution < -0.4 is 5.79 Å².